The third-order valence-corrected chi connectivity index (χ3v) is 13.1. The number of carbonyl (C=O) groups excluding carboxylic acids is 4. The van der Waals surface area contributed by atoms with Gasteiger partial charge in [0.05, 0.1) is 23.0 Å². The normalized spacial score (nSPS) is 12.1. The van der Waals surface area contributed by atoms with Crippen LogP contribution in [0.3, 0.4) is 0 Å². The number of sulfone groups is 2. The molecule has 4 rings (SSSR count). The average Bonchev–Trinajstić information content (AvgIpc) is 3.18. The van der Waals surface area contributed by atoms with Gasteiger partial charge in [-0.25, -0.2) is 16.8 Å². The molecule has 0 heterocycles. The molecule has 320 valence electrons. The second-order valence-corrected chi connectivity index (χ2v) is 19.2. The number of aliphatic hydroxyl groups excluding tert-OH is 2. The van der Waals surface area contributed by atoms with Gasteiger partial charge in [-0.05, 0) is 83.9 Å². The second kappa shape index (κ2) is 19.5. The number of amides is 4. The Bertz CT molecular complexity index is 2580. The van der Waals surface area contributed by atoms with E-state index in [0.29, 0.717) is 0 Å². The van der Waals surface area contributed by atoms with Gasteiger partial charge in [0, 0.05) is 35.6 Å². The highest BCUT2D eigenvalue weighted by Crippen LogP contribution is 2.27. The molecular formula is C36H36N4O16S4. The van der Waals surface area contributed by atoms with Crippen molar-refractivity contribution in [2.45, 2.75) is 19.6 Å². The van der Waals surface area contributed by atoms with Crippen LogP contribution in [0.1, 0.15) is 31.8 Å². The molecule has 0 aromatic heterocycles. The molecule has 4 aromatic carbocycles. The first-order chi connectivity index (χ1) is 28.0. The van der Waals surface area contributed by atoms with Gasteiger partial charge in [0.25, 0.3) is 32.1 Å². The minimum Gasteiger partial charge on any atom is -0.395 e. The summed E-state index contributed by atoms with van der Waals surface area (Å²) in [5.41, 5.74) is -0.838. The zero-order valence-corrected chi connectivity index (χ0v) is 34.1. The summed E-state index contributed by atoms with van der Waals surface area (Å²) in [5, 5.41) is 26.8. The molecular weight excluding hydrogens is 873 g/mol. The Morgan fingerprint density at radius 1 is 0.500 bits per heavy atom. The molecule has 24 heteroatoms. The molecule has 0 spiro atoms. The van der Waals surface area contributed by atoms with E-state index in [1.54, 1.807) is 0 Å². The van der Waals surface area contributed by atoms with Gasteiger partial charge in [0.1, 0.15) is 21.3 Å². The first-order valence-electron chi connectivity index (χ1n) is 17.0. The van der Waals surface area contributed by atoms with Crippen molar-refractivity contribution in [2.75, 3.05) is 48.4 Å². The van der Waals surface area contributed by atoms with Crippen LogP contribution >= 0.6 is 0 Å². The summed E-state index contributed by atoms with van der Waals surface area (Å²) in [7, 11) is -18.2. The zero-order chi connectivity index (χ0) is 44.5. The highest BCUT2D eigenvalue weighted by Gasteiger charge is 2.23. The van der Waals surface area contributed by atoms with Crippen molar-refractivity contribution < 1.29 is 72.2 Å². The molecule has 8 N–H and O–H groups in total. The maximum Gasteiger partial charge on any atom is 0.295 e. The van der Waals surface area contributed by atoms with Gasteiger partial charge in [0.2, 0.25) is 11.8 Å². The fraction of sp³-hybridized carbons (Fsp3) is 0.167. The third kappa shape index (κ3) is 12.8. The first-order valence-corrected chi connectivity index (χ1v) is 23.2. The fourth-order valence-electron chi connectivity index (χ4n) is 5.16. The van der Waals surface area contributed by atoms with Crippen LogP contribution in [0.15, 0.2) is 105 Å². The molecule has 0 aliphatic heterocycles. The molecule has 0 aliphatic carbocycles. The Balaban J connectivity index is 1.51. The number of carbonyl (C=O) groups is 4. The average molecular weight is 909 g/mol. The monoisotopic (exact) mass is 908 g/mol. The maximum absolute atomic E-state index is 12.9. The number of aliphatic hydroxyl groups is 2. The van der Waals surface area contributed by atoms with E-state index in [2.05, 4.69) is 21.3 Å². The summed E-state index contributed by atoms with van der Waals surface area (Å²) >= 11 is 0. The summed E-state index contributed by atoms with van der Waals surface area (Å²) in [5.74, 6) is -5.16. The van der Waals surface area contributed by atoms with Crippen LogP contribution in [0.2, 0.25) is 0 Å². The van der Waals surface area contributed by atoms with Gasteiger partial charge in [-0.3, -0.25) is 28.3 Å². The molecule has 0 fully saturated rings. The number of anilines is 2. The zero-order valence-electron chi connectivity index (χ0n) is 30.8. The number of nitrogens with one attached hydrogen (secondary N) is 4. The van der Waals surface area contributed by atoms with Crippen LogP contribution in [0.4, 0.5) is 11.4 Å². The Hall–Kier alpha value is -5.86. The molecule has 0 saturated carbocycles. The topological polar surface area (TPSA) is 334 Å². The van der Waals surface area contributed by atoms with Crippen LogP contribution in [-0.2, 0) is 49.5 Å². The number of benzene rings is 4. The Labute approximate surface area is 343 Å². The summed E-state index contributed by atoms with van der Waals surface area (Å²) in [6, 6.07) is 15.4. The van der Waals surface area contributed by atoms with E-state index in [9.17, 15) is 62.0 Å². The third-order valence-electron chi connectivity index (χ3n) is 8.00. The van der Waals surface area contributed by atoms with Crippen molar-refractivity contribution in [3.05, 3.63) is 107 Å². The lowest BCUT2D eigenvalue weighted by atomic mass is 10.1. The Morgan fingerprint density at radius 3 is 1.13 bits per heavy atom. The summed E-state index contributed by atoms with van der Waals surface area (Å²) in [6.45, 7) is -1.07. The summed E-state index contributed by atoms with van der Waals surface area (Å²) in [4.78, 5) is 47.4. The van der Waals surface area contributed by atoms with E-state index in [0.717, 1.165) is 84.9 Å². The second-order valence-electron chi connectivity index (χ2n) is 12.4. The van der Waals surface area contributed by atoms with E-state index < -0.39 is 98.0 Å². The molecule has 60 heavy (non-hydrogen) atoms. The summed E-state index contributed by atoms with van der Waals surface area (Å²) < 4.78 is 120. The first kappa shape index (κ1) is 46.8. The van der Waals surface area contributed by atoms with E-state index in [-0.39, 0.29) is 56.5 Å². The van der Waals surface area contributed by atoms with Crippen molar-refractivity contribution in [3.8, 4) is 0 Å². The molecule has 0 aliphatic rings. The highest BCUT2D eigenvalue weighted by atomic mass is 32.2. The number of hydrogen-bond donors (Lipinski definition) is 8. The molecule has 4 aromatic rings. The van der Waals surface area contributed by atoms with E-state index in [1.807, 2.05) is 0 Å². The molecule has 0 saturated heterocycles. The minimum absolute atomic E-state index is 0.0735. The largest absolute Gasteiger partial charge is 0.395 e. The van der Waals surface area contributed by atoms with Crippen LogP contribution < -0.4 is 21.3 Å². The lowest BCUT2D eigenvalue weighted by molar-refractivity contribution is -0.119. The highest BCUT2D eigenvalue weighted by molar-refractivity contribution is 7.92. The Kier molecular flexibility index (Phi) is 15.2. The summed E-state index contributed by atoms with van der Waals surface area (Å²) in [6.07, 6.45) is 2.15. The lowest BCUT2D eigenvalue weighted by Crippen LogP contribution is -2.32. The maximum atomic E-state index is 12.9. The van der Waals surface area contributed by atoms with Gasteiger partial charge in [0.15, 0.2) is 19.7 Å². The SMILES string of the molecule is O=C(CS(=O)(=O)c1ccc(C(=O)Nc2ccc(/C=C/c3ccc(NC(=O)c4ccc(S(=O)(=O)CC(=O)NCCO)cc4)cc3S(=O)(=O)O)c(S(=O)(=O)O)c2)cc1)NCCO. The van der Waals surface area contributed by atoms with Gasteiger partial charge >= 0.3 is 0 Å². The molecule has 0 radical (unpaired) electrons. The van der Waals surface area contributed by atoms with Crippen LogP contribution in [0.5, 0.6) is 0 Å². The van der Waals surface area contributed by atoms with Crippen LogP contribution in [-0.4, -0.2) is 114 Å². The van der Waals surface area contributed by atoms with Crippen molar-refractivity contribution >= 4 is 87.1 Å². The molecule has 20 nitrogen and oxygen atoms in total. The molecule has 0 bridgehead atoms. The van der Waals surface area contributed by atoms with Crippen molar-refractivity contribution in [2.24, 2.45) is 0 Å². The van der Waals surface area contributed by atoms with Gasteiger partial charge < -0.3 is 31.5 Å². The van der Waals surface area contributed by atoms with Crippen molar-refractivity contribution in [3.63, 3.8) is 0 Å². The Morgan fingerprint density at radius 2 is 0.833 bits per heavy atom. The molecule has 0 atom stereocenters. The van der Waals surface area contributed by atoms with E-state index >= 15 is 0 Å². The minimum atomic E-state index is -4.99. The van der Waals surface area contributed by atoms with Crippen LogP contribution in [0.25, 0.3) is 12.2 Å². The van der Waals surface area contributed by atoms with Crippen molar-refractivity contribution in [1.29, 1.82) is 0 Å². The fourth-order valence-corrected chi connectivity index (χ4v) is 8.91. The van der Waals surface area contributed by atoms with Crippen LogP contribution in [0, 0.1) is 0 Å². The van der Waals surface area contributed by atoms with E-state index in [1.165, 1.54) is 12.1 Å². The van der Waals surface area contributed by atoms with Gasteiger partial charge in [-0.1, -0.05) is 24.3 Å². The van der Waals surface area contributed by atoms with Gasteiger partial charge in [-0.15, -0.1) is 0 Å². The number of rotatable bonds is 18. The standard InChI is InChI=1S/C36H36N4O16S4/c41-17-15-37-33(43)21-57(47,48)29-11-5-25(6-12-29)35(45)39-27-9-3-23(31(19-27)59(51,52)53)1-2-24-4-10-28(20-32(24)60(54,55)56)40-36(46)26-7-13-30(14-8-26)58(49,50)22-34(44)38-16-18-42/h1-14,19-20,41-42H,15-18,21-22H2,(H,37,43)(H,38,44)(H,39,45)(H,40,46)(H,51,52,53)(H,54,55,56)/b2-1+. The predicted molar refractivity (Wildman–Crippen MR) is 215 cm³/mol. The van der Waals surface area contributed by atoms with E-state index in [4.69, 9.17) is 10.2 Å². The number of hydrogen-bond acceptors (Lipinski definition) is 14. The van der Waals surface area contributed by atoms with Crippen molar-refractivity contribution in [1.82, 2.24) is 10.6 Å². The quantitative estimate of drug-likeness (QED) is 0.0501. The molecule has 0 unspecified atom stereocenters. The van der Waals surface area contributed by atoms with Gasteiger partial charge in [-0.2, -0.15) is 16.8 Å². The smallest absolute Gasteiger partial charge is 0.295 e. The predicted octanol–water partition coefficient (Wildman–Crippen LogP) is 0.619. The lowest BCUT2D eigenvalue weighted by Gasteiger charge is -2.11. The molecule has 4 amide bonds.